The van der Waals surface area contributed by atoms with Crippen molar-refractivity contribution in [2.75, 3.05) is 5.32 Å². The van der Waals surface area contributed by atoms with E-state index in [1.807, 2.05) is 51.1 Å². The van der Waals surface area contributed by atoms with Crippen LogP contribution in [-0.4, -0.2) is 36.0 Å². The van der Waals surface area contributed by atoms with Crippen LogP contribution in [0.25, 0.3) is 55.7 Å². The summed E-state index contributed by atoms with van der Waals surface area (Å²) < 4.78 is 14.2. The molecular weight excluding hydrogens is 493 g/mol. The Morgan fingerprint density at radius 2 is 1.79 bits per heavy atom. The van der Waals surface area contributed by atoms with Crippen LogP contribution in [-0.2, 0) is 4.79 Å². The molecule has 6 rings (SSSR count). The second-order valence-corrected chi connectivity index (χ2v) is 10.1. The van der Waals surface area contributed by atoms with Crippen LogP contribution >= 0.6 is 0 Å². The van der Waals surface area contributed by atoms with Gasteiger partial charge in [-0.2, -0.15) is 5.10 Å². The van der Waals surface area contributed by atoms with E-state index in [1.165, 1.54) is 12.1 Å². The number of halogens is 1. The molecule has 0 unspecified atom stereocenters. The Labute approximate surface area is 223 Å². The molecule has 0 saturated carbocycles. The maximum absolute atomic E-state index is 14.2. The van der Waals surface area contributed by atoms with Crippen molar-refractivity contribution in [1.82, 2.24) is 30.1 Å². The molecule has 9 heteroatoms. The van der Waals surface area contributed by atoms with Gasteiger partial charge in [0.1, 0.15) is 11.5 Å². The van der Waals surface area contributed by atoms with Crippen molar-refractivity contribution in [1.29, 1.82) is 0 Å². The van der Waals surface area contributed by atoms with Crippen molar-refractivity contribution in [3.05, 3.63) is 78.6 Å². The number of benzene rings is 1. The summed E-state index contributed by atoms with van der Waals surface area (Å²) in [7, 11) is 0. The average molecular weight is 520 g/mol. The summed E-state index contributed by atoms with van der Waals surface area (Å²) >= 11 is 0. The summed E-state index contributed by atoms with van der Waals surface area (Å²) in [5.41, 5.74) is 7.51. The van der Waals surface area contributed by atoms with Crippen LogP contribution in [0.5, 0.6) is 0 Å². The fourth-order valence-electron chi connectivity index (χ4n) is 4.80. The first-order valence-corrected chi connectivity index (χ1v) is 12.7. The van der Waals surface area contributed by atoms with Crippen LogP contribution in [0.2, 0.25) is 0 Å². The molecule has 8 nitrogen and oxygen atoms in total. The quantitative estimate of drug-likeness (QED) is 0.228. The van der Waals surface area contributed by atoms with Crippen LogP contribution < -0.4 is 5.32 Å². The molecule has 0 atom stereocenters. The van der Waals surface area contributed by atoms with Crippen LogP contribution in [0.15, 0.2) is 67.3 Å². The molecule has 6 aromatic rings. The van der Waals surface area contributed by atoms with Gasteiger partial charge in [0.2, 0.25) is 5.91 Å². The Hall–Kier alpha value is -4.92. The second-order valence-electron chi connectivity index (χ2n) is 10.1. The maximum atomic E-state index is 14.2. The Morgan fingerprint density at radius 1 is 0.949 bits per heavy atom. The minimum Gasteiger partial charge on any atom is -0.353 e. The van der Waals surface area contributed by atoms with Crippen molar-refractivity contribution in [2.24, 2.45) is 5.92 Å². The molecule has 0 aliphatic heterocycles. The summed E-state index contributed by atoms with van der Waals surface area (Å²) in [6, 6.07) is 12.6. The summed E-state index contributed by atoms with van der Waals surface area (Å²) in [4.78, 5) is 29.1. The molecule has 0 fully saturated rings. The second kappa shape index (κ2) is 9.75. The fourth-order valence-corrected chi connectivity index (χ4v) is 4.80. The zero-order chi connectivity index (χ0) is 27.1. The zero-order valence-corrected chi connectivity index (χ0v) is 21.7. The SMILES string of the molecule is Cc1cc(F)cc(-c2nccc3[nH]c(-c4n[nH]c5cnc(-c6cncc(NC(=O)CC(C)C)c6)cc45)cc23)c1. The smallest absolute Gasteiger partial charge is 0.224 e. The molecule has 0 aliphatic rings. The third-order valence-corrected chi connectivity index (χ3v) is 6.48. The molecule has 0 aliphatic carbocycles. The molecule has 0 saturated heterocycles. The molecule has 1 amide bonds. The van der Waals surface area contributed by atoms with Crippen molar-refractivity contribution >= 4 is 33.4 Å². The summed E-state index contributed by atoms with van der Waals surface area (Å²) in [5.74, 6) is -0.0827. The number of aromatic amines is 2. The average Bonchev–Trinajstić information content (AvgIpc) is 3.51. The van der Waals surface area contributed by atoms with E-state index < -0.39 is 0 Å². The fraction of sp³-hybridized carbons (Fsp3) is 0.167. The van der Waals surface area contributed by atoms with E-state index in [-0.39, 0.29) is 17.6 Å². The van der Waals surface area contributed by atoms with E-state index >= 15 is 0 Å². The normalized spacial score (nSPS) is 11.5. The van der Waals surface area contributed by atoms with Gasteiger partial charge in [-0.05, 0) is 60.9 Å². The van der Waals surface area contributed by atoms with Crippen LogP contribution in [0.3, 0.4) is 0 Å². The molecule has 39 heavy (non-hydrogen) atoms. The first kappa shape index (κ1) is 24.4. The zero-order valence-electron chi connectivity index (χ0n) is 21.7. The van der Waals surface area contributed by atoms with Gasteiger partial charge in [0.15, 0.2) is 0 Å². The topological polar surface area (TPSA) is 112 Å². The van der Waals surface area contributed by atoms with Gasteiger partial charge in [0.05, 0.1) is 40.7 Å². The van der Waals surface area contributed by atoms with Gasteiger partial charge < -0.3 is 10.3 Å². The van der Waals surface area contributed by atoms with Crippen molar-refractivity contribution in [3.8, 4) is 33.9 Å². The van der Waals surface area contributed by atoms with Gasteiger partial charge in [-0.3, -0.25) is 24.8 Å². The minimum atomic E-state index is -0.295. The Kier molecular flexibility index (Phi) is 6.11. The van der Waals surface area contributed by atoms with Gasteiger partial charge in [-0.1, -0.05) is 13.8 Å². The number of rotatable bonds is 6. The third-order valence-electron chi connectivity index (χ3n) is 6.48. The number of carbonyl (C=O) groups excluding carboxylic acids is 1. The monoisotopic (exact) mass is 519 g/mol. The lowest BCUT2D eigenvalue weighted by atomic mass is 10.0. The number of H-pyrrole nitrogens is 2. The number of nitrogens with one attached hydrogen (secondary N) is 3. The molecule has 194 valence electrons. The van der Waals surface area contributed by atoms with E-state index in [1.54, 1.807) is 24.8 Å². The number of hydrogen-bond donors (Lipinski definition) is 3. The molecule has 0 radical (unpaired) electrons. The highest BCUT2D eigenvalue weighted by atomic mass is 19.1. The third kappa shape index (κ3) is 4.86. The first-order valence-electron chi connectivity index (χ1n) is 12.7. The Morgan fingerprint density at radius 3 is 2.62 bits per heavy atom. The summed E-state index contributed by atoms with van der Waals surface area (Å²) in [5, 5.41) is 12.3. The van der Waals surface area contributed by atoms with Gasteiger partial charge in [-0.15, -0.1) is 0 Å². The number of aryl methyl sites for hydroxylation is 1. The number of nitrogens with zero attached hydrogens (tertiary/aromatic N) is 4. The van der Waals surface area contributed by atoms with Crippen molar-refractivity contribution < 1.29 is 9.18 Å². The van der Waals surface area contributed by atoms with Gasteiger partial charge >= 0.3 is 0 Å². The maximum Gasteiger partial charge on any atom is 0.224 e. The van der Waals surface area contributed by atoms with Crippen molar-refractivity contribution in [3.63, 3.8) is 0 Å². The van der Waals surface area contributed by atoms with Crippen LogP contribution in [0.4, 0.5) is 10.1 Å². The van der Waals surface area contributed by atoms with E-state index in [0.717, 1.165) is 49.9 Å². The lowest BCUT2D eigenvalue weighted by molar-refractivity contribution is -0.116. The summed E-state index contributed by atoms with van der Waals surface area (Å²) in [6.45, 7) is 5.87. The van der Waals surface area contributed by atoms with E-state index in [4.69, 9.17) is 0 Å². The Balaban J connectivity index is 1.39. The van der Waals surface area contributed by atoms with E-state index in [2.05, 4.69) is 35.5 Å². The molecule has 1 aromatic carbocycles. The number of fused-ring (bicyclic) bond motifs is 2. The molecular formula is C30H26FN7O. The van der Waals surface area contributed by atoms with Crippen LogP contribution in [0, 0.1) is 18.7 Å². The van der Waals surface area contributed by atoms with E-state index in [9.17, 15) is 9.18 Å². The highest BCUT2D eigenvalue weighted by Gasteiger charge is 2.16. The lowest BCUT2D eigenvalue weighted by Gasteiger charge is -2.08. The Bertz CT molecular complexity index is 1830. The standard InChI is InChI=1S/C30H26FN7O/c1-16(2)6-28(39)35-21-10-19(13-32-14-21)25-11-23-27(15-34-25)37-38-30(23)26-12-22-24(36-26)4-5-33-29(22)18-7-17(3)8-20(31)9-18/h4-5,7-16,36H,6H2,1-3H3,(H,35,39)(H,37,38). The number of carbonyl (C=O) groups is 1. The van der Waals surface area contributed by atoms with E-state index in [0.29, 0.717) is 23.5 Å². The van der Waals surface area contributed by atoms with Crippen molar-refractivity contribution in [2.45, 2.75) is 27.2 Å². The number of hydrogen-bond acceptors (Lipinski definition) is 5. The molecule has 5 heterocycles. The summed E-state index contributed by atoms with van der Waals surface area (Å²) in [6.07, 6.45) is 7.22. The number of pyridine rings is 3. The molecule has 5 aromatic heterocycles. The number of anilines is 1. The predicted molar refractivity (Wildman–Crippen MR) is 150 cm³/mol. The van der Waals surface area contributed by atoms with Gasteiger partial charge in [0, 0.05) is 46.2 Å². The molecule has 0 bridgehead atoms. The van der Waals surface area contributed by atoms with Gasteiger partial charge in [0.25, 0.3) is 0 Å². The highest BCUT2D eigenvalue weighted by molar-refractivity contribution is 6.00. The highest BCUT2D eigenvalue weighted by Crippen LogP contribution is 2.34. The predicted octanol–water partition coefficient (Wildman–Crippen LogP) is 6.66. The minimum absolute atomic E-state index is 0.0504. The number of amides is 1. The van der Waals surface area contributed by atoms with Crippen LogP contribution in [0.1, 0.15) is 25.8 Å². The first-order chi connectivity index (χ1) is 18.8. The van der Waals surface area contributed by atoms with Gasteiger partial charge in [-0.25, -0.2) is 4.39 Å². The lowest BCUT2D eigenvalue weighted by Crippen LogP contribution is -2.13. The molecule has 3 N–H and O–H groups in total. The number of aromatic nitrogens is 6. The molecule has 0 spiro atoms. The largest absolute Gasteiger partial charge is 0.353 e.